The molecule has 1 aliphatic rings. The SMILES string of the molecule is C[C@@H](OC(=O)c1ccc2c(c1)CCCC2)C(=O)Nc1ccc(F)cc1. The maximum Gasteiger partial charge on any atom is 0.338 e. The van der Waals surface area contributed by atoms with Crippen molar-refractivity contribution in [2.75, 3.05) is 5.32 Å². The van der Waals surface area contributed by atoms with Crippen LogP contribution in [0.15, 0.2) is 42.5 Å². The molecule has 0 aliphatic heterocycles. The summed E-state index contributed by atoms with van der Waals surface area (Å²) in [6.45, 7) is 1.51. The maximum absolute atomic E-state index is 12.9. The molecule has 0 spiro atoms. The van der Waals surface area contributed by atoms with Crippen LogP contribution in [-0.2, 0) is 22.4 Å². The van der Waals surface area contributed by atoms with E-state index in [4.69, 9.17) is 4.74 Å². The largest absolute Gasteiger partial charge is 0.449 e. The Bertz CT molecular complexity index is 786. The Hall–Kier alpha value is -2.69. The molecule has 2 aromatic carbocycles. The second-order valence-corrected chi connectivity index (χ2v) is 6.23. The molecule has 0 fully saturated rings. The zero-order valence-electron chi connectivity index (χ0n) is 14.0. The average Bonchev–Trinajstić information content (AvgIpc) is 2.63. The first-order valence-corrected chi connectivity index (χ1v) is 8.42. The molecule has 130 valence electrons. The van der Waals surface area contributed by atoms with Crippen molar-refractivity contribution in [3.05, 3.63) is 65.0 Å². The van der Waals surface area contributed by atoms with Gasteiger partial charge < -0.3 is 10.1 Å². The third-order valence-corrected chi connectivity index (χ3v) is 4.35. The van der Waals surface area contributed by atoms with Crippen molar-refractivity contribution in [2.24, 2.45) is 0 Å². The van der Waals surface area contributed by atoms with E-state index in [1.54, 1.807) is 6.07 Å². The van der Waals surface area contributed by atoms with E-state index in [-0.39, 0.29) is 5.82 Å². The number of anilines is 1. The zero-order valence-corrected chi connectivity index (χ0v) is 14.0. The molecule has 2 aromatic rings. The van der Waals surface area contributed by atoms with Crippen LogP contribution < -0.4 is 5.32 Å². The molecule has 25 heavy (non-hydrogen) atoms. The van der Waals surface area contributed by atoms with Gasteiger partial charge in [-0.05, 0) is 80.1 Å². The number of nitrogens with one attached hydrogen (secondary N) is 1. The maximum atomic E-state index is 12.9. The molecule has 0 bridgehead atoms. The number of carbonyl (C=O) groups is 2. The van der Waals surface area contributed by atoms with Crippen LogP contribution in [0.3, 0.4) is 0 Å². The van der Waals surface area contributed by atoms with Gasteiger partial charge in [0.25, 0.3) is 5.91 Å². The van der Waals surface area contributed by atoms with Gasteiger partial charge in [0.15, 0.2) is 6.10 Å². The van der Waals surface area contributed by atoms with Gasteiger partial charge >= 0.3 is 5.97 Å². The van der Waals surface area contributed by atoms with Gasteiger partial charge in [-0.25, -0.2) is 9.18 Å². The summed E-state index contributed by atoms with van der Waals surface area (Å²) in [4.78, 5) is 24.4. The van der Waals surface area contributed by atoms with Crippen molar-refractivity contribution < 1.29 is 18.7 Å². The van der Waals surface area contributed by atoms with Gasteiger partial charge in [0.05, 0.1) is 5.56 Å². The molecule has 4 nitrogen and oxygen atoms in total. The monoisotopic (exact) mass is 341 g/mol. The quantitative estimate of drug-likeness (QED) is 0.859. The second-order valence-electron chi connectivity index (χ2n) is 6.23. The molecule has 0 saturated heterocycles. The normalized spacial score (nSPS) is 14.3. The lowest BCUT2D eigenvalue weighted by molar-refractivity contribution is -0.123. The number of fused-ring (bicyclic) bond motifs is 1. The second kappa shape index (κ2) is 7.47. The van der Waals surface area contributed by atoms with Crippen LogP contribution in [0.4, 0.5) is 10.1 Å². The molecular weight excluding hydrogens is 321 g/mol. The molecule has 1 amide bonds. The fourth-order valence-electron chi connectivity index (χ4n) is 2.92. The van der Waals surface area contributed by atoms with E-state index in [0.29, 0.717) is 11.3 Å². The summed E-state index contributed by atoms with van der Waals surface area (Å²) in [5.74, 6) is -1.36. The minimum atomic E-state index is -0.950. The molecule has 1 atom stereocenters. The van der Waals surface area contributed by atoms with E-state index < -0.39 is 18.0 Å². The van der Waals surface area contributed by atoms with Gasteiger partial charge in [-0.15, -0.1) is 0 Å². The first-order valence-electron chi connectivity index (χ1n) is 8.42. The molecule has 0 saturated carbocycles. The fourth-order valence-corrected chi connectivity index (χ4v) is 2.92. The van der Waals surface area contributed by atoms with Gasteiger partial charge in [0.1, 0.15) is 5.82 Å². The van der Waals surface area contributed by atoms with Crippen molar-refractivity contribution in [2.45, 2.75) is 38.7 Å². The van der Waals surface area contributed by atoms with Crippen molar-refractivity contribution in [3.8, 4) is 0 Å². The highest BCUT2D eigenvalue weighted by atomic mass is 19.1. The number of halogens is 1. The molecular formula is C20H20FNO3. The number of rotatable bonds is 4. The average molecular weight is 341 g/mol. The first kappa shape index (κ1) is 17.1. The van der Waals surface area contributed by atoms with E-state index in [1.807, 2.05) is 12.1 Å². The number of ether oxygens (including phenoxy) is 1. The van der Waals surface area contributed by atoms with Crippen molar-refractivity contribution in [1.82, 2.24) is 0 Å². The number of amides is 1. The number of esters is 1. The topological polar surface area (TPSA) is 55.4 Å². The lowest BCUT2D eigenvalue weighted by Crippen LogP contribution is -2.30. The minimum Gasteiger partial charge on any atom is -0.449 e. The highest BCUT2D eigenvalue weighted by Crippen LogP contribution is 2.22. The van der Waals surface area contributed by atoms with Crippen LogP contribution in [0.2, 0.25) is 0 Å². The fraction of sp³-hybridized carbons (Fsp3) is 0.300. The van der Waals surface area contributed by atoms with Gasteiger partial charge in [0.2, 0.25) is 0 Å². The van der Waals surface area contributed by atoms with E-state index in [9.17, 15) is 14.0 Å². The molecule has 0 aromatic heterocycles. The third-order valence-electron chi connectivity index (χ3n) is 4.35. The van der Waals surface area contributed by atoms with Gasteiger partial charge in [-0.3, -0.25) is 4.79 Å². The van der Waals surface area contributed by atoms with E-state index in [0.717, 1.165) is 19.3 Å². The van der Waals surface area contributed by atoms with E-state index in [2.05, 4.69) is 5.32 Å². The summed E-state index contributed by atoms with van der Waals surface area (Å²) in [6.07, 6.45) is 3.37. The number of benzene rings is 2. The number of hydrogen-bond donors (Lipinski definition) is 1. The zero-order chi connectivity index (χ0) is 17.8. The predicted molar refractivity (Wildman–Crippen MR) is 93.0 cm³/mol. The number of carbonyl (C=O) groups excluding carboxylic acids is 2. The summed E-state index contributed by atoms with van der Waals surface area (Å²) in [5, 5.41) is 2.59. The molecule has 0 radical (unpaired) electrons. The lowest BCUT2D eigenvalue weighted by atomic mass is 9.90. The molecule has 5 heteroatoms. The highest BCUT2D eigenvalue weighted by molar-refractivity contribution is 5.97. The summed E-state index contributed by atoms with van der Waals surface area (Å²) in [6, 6.07) is 11.0. The Morgan fingerprint density at radius 3 is 2.44 bits per heavy atom. The van der Waals surface area contributed by atoms with Gasteiger partial charge in [0, 0.05) is 5.69 Å². The summed E-state index contributed by atoms with van der Waals surface area (Å²) in [5.41, 5.74) is 3.37. The van der Waals surface area contributed by atoms with E-state index >= 15 is 0 Å². The Morgan fingerprint density at radius 2 is 1.72 bits per heavy atom. The minimum absolute atomic E-state index is 0.384. The Kier molecular flexibility index (Phi) is 5.12. The Labute approximate surface area is 146 Å². The van der Waals surface area contributed by atoms with Crippen LogP contribution >= 0.6 is 0 Å². The highest BCUT2D eigenvalue weighted by Gasteiger charge is 2.20. The molecule has 0 heterocycles. The van der Waals surface area contributed by atoms with Crippen LogP contribution in [0.5, 0.6) is 0 Å². The molecule has 0 unspecified atom stereocenters. The summed E-state index contributed by atoms with van der Waals surface area (Å²) < 4.78 is 18.1. The standard InChI is InChI=1S/C20H20FNO3/c1-13(19(23)22-18-10-8-17(21)9-11-18)25-20(24)16-7-6-14-4-2-3-5-15(14)12-16/h6-13H,2-5H2,1H3,(H,22,23)/t13-/m1/s1. The summed E-state index contributed by atoms with van der Waals surface area (Å²) in [7, 11) is 0. The van der Waals surface area contributed by atoms with Crippen molar-refractivity contribution in [3.63, 3.8) is 0 Å². The number of hydrogen-bond acceptors (Lipinski definition) is 3. The lowest BCUT2D eigenvalue weighted by Gasteiger charge is -2.17. The predicted octanol–water partition coefficient (Wildman–Crippen LogP) is 3.89. The van der Waals surface area contributed by atoms with Crippen LogP contribution in [0.25, 0.3) is 0 Å². The first-order chi connectivity index (χ1) is 12.0. The van der Waals surface area contributed by atoms with Crippen LogP contribution in [0, 0.1) is 5.82 Å². The smallest absolute Gasteiger partial charge is 0.338 e. The van der Waals surface area contributed by atoms with Gasteiger partial charge in [-0.1, -0.05) is 6.07 Å². The molecule has 3 rings (SSSR count). The molecule has 1 aliphatic carbocycles. The van der Waals surface area contributed by atoms with Crippen molar-refractivity contribution >= 4 is 17.6 Å². The Morgan fingerprint density at radius 1 is 1.04 bits per heavy atom. The van der Waals surface area contributed by atoms with Gasteiger partial charge in [-0.2, -0.15) is 0 Å². The third kappa shape index (κ3) is 4.24. The summed E-state index contributed by atoms with van der Waals surface area (Å²) >= 11 is 0. The van der Waals surface area contributed by atoms with Crippen molar-refractivity contribution in [1.29, 1.82) is 0 Å². The van der Waals surface area contributed by atoms with Crippen LogP contribution in [-0.4, -0.2) is 18.0 Å². The van der Waals surface area contributed by atoms with Crippen LogP contribution in [0.1, 0.15) is 41.3 Å². The van der Waals surface area contributed by atoms with E-state index in [1.165, 1.54) is 48.7 Å². The Balaban J connectivity index is 1.61. The molecule has 1 N–H and O–H groups in total. The number of aryl methyl sites for hydroxylation is 2.